The maximum atomic E-state index is 11.5. The van der Waals surface area contributed by atoms with Crippen molar-refractivity contribution in [3.8, 4) is 0 Å². The first-order valence-electron chi connectivity index (χ1n) is 5.34. The molecule has 0 fully saturated rings. The van der Waals surface area contributed by atoms with Crippen molar-refractivity contribution in [2.24, 2.45) is 0 Å². The third-order valence-electron chi connectivity index (χ3n) is 2.04. The summed E-state index contributed by atoms with van der Waals surface area (Å²) in [5, 5.41) is 11.4. The Kier molecular flexibility index (Phi) is 5.30. The van der Waals surface area contributed by atoms with Crippen LogP contribution in [0, 0.1) is 0 Å². The molecule has 0 aliphatic heterocycles. The van der Waals surface area contributed by atoms with Gasteiger partial charge < -0.3 is 15.2 Å². The minimum atomic E-state index is -1.04. The molecule has 1 amide bonds. The van der Waals surface area contributed by atoms with Gasteiger partial charge in [0.1, 0.15) is 6.61 Å². The fourth-order valence-electron chi connectivity index (χ4n) is 1.18. The summed E-state index contributed by atoms with van der Waals surface area (Å²) in [5.41, 5.74) is 0.519. The minimum absolute atomic E-state index is 0.0375. The molecule has 2 N–H and O–H groups in total. The average Bonchev–Trinajstić information content (AvgIpc) is 2.29. The van der Waals surface area contributed by atoms with Crippen LogP contribution in [0.15, 0.2) is 22.7 Å². The largest absolute Gasteiger partial charge is 0.478 e. The molecule has 0 unspecified atom stereocenters. The van der Waals surface area contributed by atoms with Crippen molar-refractivity contribution in [1.29, 1.82) is 0 Å². The third kappa shape index (κ3) is 4.46. The van der Waals surface area contributed by atoms with Gasteiger partial charge in [-0.25, -0.2) is 4.79 Å². The Balaban J connectivity index is 2.74. The van der Waals surface area contributed by atoms with E-state index in [0.29, 0.717) is 10.2 Å². The zero-order valence-electron chi connectivity index (χ0n) is 10.1. The Hall–Kier alpha value is -1.40. The van der Waals surface area contributed by atoms with Gasteiger partial charge in [0.15, 0.2) is 0 Å². The molecule has 0 spiro atoms. The van der Waals surface area contributed by atoms with Gasteiger partial charge in [-0.1, -0.05) is 0 Å². The van der Waals surface area contributed by atoms with E-state index in [1.165, 1.54) is 12.1 Å². The van der Waals surface area contributed by atoms with E-state index in [1.54, 1.807) is 6.07 Å². The van der Waals surface area contributed by atoms with Crippen molar-refractivity contribution in [2.75, 3.05) is 11.9 Å². The Morgan fingerprint density at radius 3 is 2.67 bits per heavy atom. The van der Waals surface area contributed by atoms with Gasteiger partial charge in [0.2, 0.25) is 5.91 Å². The number of hydrogen-bond donors (Lipinski definition) is 2. The number of rotatable bonds is 5. The van der Waals surface area contributed by atoms with Crippen molar-refractivity contribution in [2.45, 2.75) is 20.0 Å². The normalized spacial score (nSPS) is 10.4. The number of carbonyl (C=O) groups is 2. The van der Waals surface area contributed by atoms with E-state index in [2.05, 4.69) is 21.2 Å². The fraction of sp³-hybridized carbons (Fsp3) is 0.333. The number of ether oxygens (including phenoxy) is 1. The van der Waals surface area contributed by atoms with Crippen LogP contribution in [-0.2, 0) is 9.53 Å². The van der Waals surface area contributed by atoms with E-state index < -0.39 is 5.97 Å². The van der Waals surface area contributed by atoms with Crippen molar-refractivity contribution < 1.29 is 19.4 Å². The highest BCUT2D eigenvalue weighted by molar-refractivity contribution is 9.10. The Morgan fingerprint density at radius 1 is 1.44 bits per heavy atom. The molecular weight excluding hydrogens is 302 g/mol. The Morgan fingerprint density at radius 2 is 2.11 bits per heavy atom. The van der Waals surface area contributed by atoms with Gasteiger partial charge in [0, 0.05) is 4.47 Å². The van der Waals surface area contributed by atoms with Crippen molar-refractivity contribution in [1.82, 2.24) is 0 Å². The number of carboxylic acid groups (broad SMARTS) is 1. The molecule has 0 heterocycles. The first kappa shape index (κ1) is 14.7. The zero-order chi connectivity index (χ0) is 13.7. The molecule has 0 aromatic heterocycles. The topological polar surface area (TPSA) is 75.6 Å². The lowest BCUT2D eigenvalue weighted by atomic mass is 10.2. The van der Waals surface area contributed by atoms with Crippen LogP contribution in [0.25, 0.3) is 0 Å². The van der Waals surface area contributed by atoms with Crippen molar-refractivity contribution >= 4 is 33.5 Å². The molecule has 0 saturated carbocycles. The Bertz CT molecular complexity index is 459. The van der Waals surface area contributed by atoms with Gasteiger partial charge in [-0.05, 0) is 48.0 Å². The predicted octanol–water partition coefficient (Wildman–Crippen LogP) is 2.51. The van der Waals surface area contributed by atoms with Gasteiger partial charge in [0.25, 0.3) is 0 Å². The van der Waals surface area contributed by atoms with Crippen LogP contribution in [-0.4, -0.2) is 29.7 Å². The number of hydrogen-bond acceptors (Lipinski definition) is 3. The average molecular weight is 316 g/mol. The van der Waals surface area contributed by atoms with Crippen LogP contribution < -0.4 is 5.32 Å². The standard InChI is InChI=1S/C12H14BrNO4/c1-7(2)18-6-11(15)14-10-5-8(12(16)17)3-4-9(10)13/h3-5,7H,6H2,1-2H3,(H,14,15)(H,16,17). The van der Waals surface area contributed by atoms with Crippen LogP contribution in [0.1, 0.15) is 24.2 Å². The summed E-state index contributed by atoms with van der Waals surface area (Å²) in [4.78, 5) is 22.4. The molecule has 18 heavy (non-hydrogen) atoms. The molecule has 98 valence electrons. The number of amides is 1. The summed E-state index contributed by atoms with van der Waals surface area (Å²) < 4.78 is 5.77. The molecule has 5 nitrogen and oxygen atoms in total. The number of aromatic carboxylic acids is 1. The molecule has 0 atom stereocenters. The lowest BCUT2D eigenvalue weighted by molar-refractivity contribution is -0.121. The molecule has 6 heteroatoms. The summed E-state index contributed by atoms with van der Waals surface area (Å²) >= 11 is 3.24. The molecule has 0 bridgehead atoms. The van der Waals surface area contributed by atoms with E-state index in [9.17, 15) is 9.59 Å². The second kappa shape index (κ2) is 6.51. The molecule has 1 aromatic carbocycles. The van der Waals surface area contributed by atoms with Crippen molar-refractivity contribution in [3.63, 3.8) is 0 Å². The van der Waals surface area contributed by atoms with E-state index in [-0.39, 0.29) is 24.2 Å². The van der Waals surface area contributed by atoms with Crippen LogP contribution in [0.3, 0.4) is 0 Å². The van der Waals surface area contributed by atoms with E-state index >= 15 is 0 Å². The minimum Gasteiger partial charge on any atom is -0.478 e. The first-order chi connectivity index (χ1) is 8.40. The quantitative estimate of drug-likeness (QED) is 0.875. The second-order valence-electron chi connectivity index (χ2n) is 3.91. The highest BCUT2D eigenvalue weighted by Crippen LogP contribution is 2.23. The van der Waals surface area contributed by atoms with Crippen molar-refractivity contribution in [3.05, 3.63) is 28.2 Å². The molecule has 0 saturated heterocycles. The van der Waals surface area contributed by atoms with E-state index in [1.807, 2.05) is 13.8 Å². The highest BCUT2D eigenvalue weighted by Gasteiger charge is 2.10. The predicted molar refractivity (Wildman–Crippen MR) is 70.8 cm³/mol. The van der Waals surface area contributed by atoms with Gasteiger partial charge in [-0.2, -0.15) is 0 Å². The lowest BCUT2D eigenvalue weighted by Crippen LogP contribution is -2.21. The zero-order valence-corrected chi connectivity index (χ0v) is 11.7. The monoisotopic (exact) mass is 315 g/mol. The van der Waals surface area contributed by atoms with Gasteiger partial charge in [0.05, 0.1) is 17.4 Å². The van der Waals surface area contributed by atoms with Crippen LogP contribution in [0.5, 0.6) is 0 Å². The van der Waals surface area contributed by atoms with E-state index in [4.69, 9.17) is 9.84 Å². The van der Waals surface area contributed by atoms with Gasteiger partial charge in [-0.3, -0.25) is 4.79 Å². The maximum Gasteiger partial charge on any atom is 0.335 e. The Labute approximate surface area is 113 Å². The first-order valence-corrected chi connectivity index (χ1v) is 6.13. The summed E-state index contributed by atoms with van der Waals surface area (Å²) in [6.45, 7) is 3.59. The van der Waals surface area contributed by atoms with Gasteiger partial charge in [-0.15, -0.1) is 0 Å². The molecule has 0 aliphatic rings. The summed E-state index contributed by atoms with van der Waals surface area (Å²) in [6.07, 6.45) is -0.0375. The molecule has 1 rings (SSSR count). The maximum absolute atomic E-state index is 11.5. The van der Waals surface area contributed by atoms with Gasteiger partial charge >= 0.3 is 5.97 Å². The van der Waals surface area contributed by atoms with Crippen LogP contribution >= 0.6 is 15.9 Å². The number of halogens is 1. The SMILES string of the molecule is CC(C)OCC(=O)Nc1cc(C(=O)O)ccc1Br. The lowest BCUT2D eigenvalue weighted by Gasteiger charge is -2.10. The molecular formula is C12H14BrNO4. The van der Waals surface area contributed by atoms with Crippen LogP contribution in [0.2, 0.25) is 0 Å². The van der Waals surface area contributed by atoms with Crippen LogP contribution in [0.4, 0.5) is 5.69 Å². The summed E-state index contributed by atoms with van der Waals surface area (Å²) in [6, 6.07) is 4.41. The number of anilines is 1. The smallest absolute Gasteiger partial charge is 0.335 e. The van der Waals surface area contributed by atoms with E-state index in [0.717, 1.165) is 0 Å². The number of nitrogens with one attached hydrogen (secondary N) is 1. The summed E-state index contributed by atoms with van der Waals surface area (Å²) in [5.74, 6) is -1.37. The fourth-order valence-corrected chi connectivity index (χ4v) is 1.53. The molecule has 1 aromatic rings. The highest BCUT2D eigenvalue weighted by atomic mass is 79.9. The molecule has 0 radical (unpaired) electrons. The third-order valence-corrected chi connectivity index (χ3v) is 2.73. The molecule has 0 aliphatic carbocycles. The number of carbonyl (C=O) groups excluding carboxylic acids is 1. The number of carboxylic acids is 1. The summed E-state index contributed by atoms with van der Waals surface area (Å²) in [7, 11) is 0. The second-order valence-corrected chi connectivity index (χ2v) is 4.76. The number of benzene rings is 1.